The summed E-state index contributed by atoms with van der Waals surface area (Å²) in [5.74, 6) is 0.851. The van der Waals surface area contributed by atoms with Crippen molar-refractivity contribution in [2.24, 2.45) is 5.92 Å². The Labute approximate surface area is 144 Å². The topological polar surface area (TPSA) is 61.9 Å². The summed E-state index contributed by atoms with van der Waals surface area (Å²) >= 11 is 0. The number of hydrogen-bond acceptors (Lipinski definition) is 4. The SMILES string of the molecule is CC1CCCCC1NC(=O)CN1CCN(C(=O)C2CCCO2)CC1. The average molecular weight is 337 g/mol. The van der Waals surface area contributed by atoms with E-state index >= 15 is 0 Å². The fourth-order valence-electron chi connectivity index (χ4n) is 4.09. The van der Waals surface area contributed by atoms with E-state index in [1.165, 1.54) is 19.3 Å². The quantitative estimate of drug-likeness (QED) is 0.831. The molecule has 0 bridgehead atoms. The molecule has 2 amide bonds. The highest BCUT2D eigenvalue weighted by molar-refractivity contribution is 5.81. The molecule has 6 heteroatoms. The Bertz CT molecular complexity index is 443. The largest absolute Gasteiger partial charge is 0.368 e. The van der Waals surface area contributed by atoms with Crippen molar-refractivity contribution in [2.45, 2.75) is 57.6 Å². The molecule has 1 saturated carbocycles. The van der Waals surface area contributed by atoms with Crippen molar-refractivity contribution >= 4 is 11.8 Å². The zero-order chi connectivity index (χ0) is 16.9. The summed E-state index contributed by atoms with van der Waals surface area (Å²) < 4.78 is 5.49. The minimum Gasteiger partial charge on any atom is -0.368 e. The number of ether oxygens (including phenoxy) is 1. The highest BCUT2D eigenvalue weighted by Gasteiger charge is 2.31. The molecule has 24 heavy (non-hydrogen) atoms. The molecular formula is C18H31N3O3. The van der Waals surface area contributed by atoms with Crippen LogP contribution in [0.5, 0.6) is 0 Å². The summed E-state index contributed by atoms with van der Waals surface area (Å²) in [6, 6.07) is 0.341. The monoisotopic (exact) mass is 337 g/mol. The van der Waals surface area contributed by atoms with E-state index in [2.05, 4.69) is 17.1 Å². The molecule has 6 nitrogen and oxygen atoms in total. The van der Waals surface area contributed by atoms with E-state index in [-0.39, 0.29) is 17.9 Å². The molecule has 0 radical (unpaired) electrons. The van der Waals surface area contributed by atoms with Crippen molar-refractivity contribution in [3.63, 3.8) is 0 Å². The predicted octanol–water partition coefficient (Wildman–Crippen LogP) is 1.00. The first-order chi connectivity index (χ1) is 11.6. The fraction of sp³-hybridized carbons (Fsp3) is 0.889. The standard InChI is InChI=1S/C18H31N3O3/c1-14-5-2-3-6-15(14)19-17(22)13-20-8-10-21(11-9-20)18(23)16-7-4-12-24-16/h14-16H,2-13H2,1H3,(H,19,22). The van der Waals surface area contributed by atoms with E-state index in [9.17, 15) is 9.59 Å². The van der Waals surface area contributed by atoms with Gasteiger partial charge in [-0.1, -0.05) is 19.8 Å². The number of nitrogens with one attached hydrogen (secondary N) is 1. The number of amides is 2. The molecule has 3 unspecified atom stereocenters. The van der Waals surface area contributed by atoms with Gasteiger partial charge < -0.3 is 15.0 Å². The van der Waals surface area contributed by atoms with Gasteiger partial charge in [0, 0.05) is 38.8 Å². The lowest BCUT2D eigenvalue weighted by molar-refractivity contribution is -0.142. The third kappa shape index (κ3) is 4.48. The van der Waals surface area contributed by atoms with Crippen molar-refractivity contribution in [1.29, 1.82) is 0 Å². The lowest BCUT2D eigenvalue weighted by Gasteiger charge is -2.36. The van der Waals surface area contributed by atoms with Crippen LogP contribution in [0.3, 0.4) is 0 Å². The zero-order valence-electron chi connectivity index (χ0n) is 14.8. The third-order valence-electron chi connectivity index (χ3n) is 5.71. The van der Waals surface area contributed by atoms with Gasteiger partial charge in [-0.2, -0.15) is 0 Å². The number of hydrogen-bond donors (Lipinski definition) is 1. The van der Waals surface area contributed by atoms with Crippen molar-refractivity contribution in [2.75, 3.05) is 39.3 Å². The van der Waals surface area contributed by atoms with E-state index in [1.54, 1.807) is 0 Å². The Balaban J connectivity index is 1.38. The summed E-state index contributed by atoms with van der Waals surface area (Å²) in [4.78, 5) is 28.7. The Morgan fingerprint density at radius 1 is 1.04 bits per heavy atom. The second-order valence-corrected chi connectivity index (χ2v) is 7.54. The number of carbonyl (C=O) groups excluding carboxylic acids is 2. The Kier molecular flexibility index (Phi) is 6.11. The molecule has 3 atom stereocenters. The lowest BCUT2D eigenvalue weighted by atomic mass is 9.86. The molecule has 3 aliphatic rings. The van der Waals surface area contributed by atoms with Crippen LogP contribution in [0, 0.1) is 5.92 Å². The summed E-state index contributed by atoms with van der Waals surface area (Å²) in [5.41, 5.74) is 0. The van der Waals surface area contributed by atoms with Crippen molar-refractivity contribution in [1.82, 2.24) is 15.1 Å². The van der Waals surface area contributed by atoms with Crippen LogP contribution in [0.2, 0.25) is 0 Å². The van der Waals surface area contributed by atoms with Gasteiger partial charge in [-0.25, -0.2) is 0 Å². The fourth-order valence-corrected chi connectivity index (χ4v) is 4.09. The highest BCUT2D eigenvalue weighted by Crippen LogP contribution is 2.23. The molecular weight excluding hydrogens is 306 g/mol. The first kappa shape index (κ1) is 17.7. The van der Waals surface area contributed by atoms with Gasteiger partial charge in [0.05, 0.1) is 6.54 Å². The Morgan fingerprint density at radius 3 is 2.46 bits per heavy atom. The van der Waals surface area contributed by atoms with E-state index in [4.69, 9.17) is 4.74 Å². The van der Waals surface area contributed by atoms with Crippen LogP contribution in [0.1, 0.15) is 45.4 Å². The van der Waals surface area contributed by atoms with Gasteiger partial charge in [0.2, 0.25) is 5.91 Å². The summed E-state index contributed by atoms with van der Waals surface area (Å²) in [6.45, 7) is 6.33. The van der Waals surface area contributed by atoms with Crippen molar-refractivity contribution < 1.29 is 14.3 Å². The van der Waals surface area contributed by atoms with Crippen LogP contribution >= 0.6 is 0 Å². The first-order valence-corrected chi connectivity index (χ1v) is 9.55. The molecule has 1 aliphatic carbocycles. The molecule has 136 valence electrons. The molecule has 2 aliphatic heterocycles. The number of nitrogens with zero attached hydrogens (tertiary/aromatic N) is 2. The van der Waals surface area contributed by atoms with Crippen LogP contribution in [0.25, 0.3) is 0 Å². The second-order valence-electron chi connectivity index (χ2n) is 7.54. The smallest absolute Gasteiger partial charge is 0.251 e. The molecule has 0 aromatic carbocycles. The van der Waals surface area contributed by atoms with Gasteiger partial charge in [-0.15, -0.1) is 0 Å². The van der Waals surface area contributed by atoms with Gasteiger partial charge >= 0.3 is 0 Å². The van der Waals surface area contributed by atoms with E-state index in [0.717, 1.165) is 32.4 Å². The van der Waals surface area contributed by atoms with Gasteiger partial charge in [0.1, 0.15) is 6.10 Å². The molecule has 3 rings (SSSR count). The number of piperazine rings is 1. The lowest BCUT2D eigenvalue weighted by Crippen LogP contribution is -2.54. The van der Waals surface area contributed by atoms with Crippen molar-refractivity contribution in [3.8, 4) is 0 Å². The molecule has 1 N–H and O–H groups in total. The maximum Gasteiger partial charge on any atom is 0.251 e. The molecule has 0 spiro atoms. The van der Waals surface area contributed by atoms with Crippen LogP contribution in [0.15, 0.2) is 0 Å². The molecule has 0 aromatic heterocycles. The van der Waals surface area contributed by atoms with E-state index in [1.807, 2.05) is 4.90 Å². The average Bonchev–Trinajstić information content (AvgIpc) is 3.11. The number of carbonyl (C=O) groups is 2. The number of rotatable bonds is 4. The summed E-state index contributed by atoms with van der Waals surface area (Å²) in [6.07, 6.45) is 6.43. The Hall–Kier alpha value is -1.14. The first-order valence-electron chi connectivity index (χ1n) is 9.55. The summed E-state index contributed by atoms with van der Waals surface area (Å²) in [7, 11) is 0. The normalized spacial score (nSPS) is 31.9. The van der Waals surface area contributed by atoms with Crippen LogP contribution in [-0.2, 0) is 14.3 Å². The Morgan fingerprint density at radius 2 is 1.79 bits per heavy atom. The zero-order valence-corrected chi connectivity index (χ0v) is 14.8. The van der Waals surface area contributed by atoms with Gasteiger partial charge in [-0.3, -0.25) is 14.5 Å². The van der Waals surface area contributed by atoms with E-state index in [0.29, 0.717) is 38.2 Å². The van der Waals surface area contributed by atoms with Gasteiger partial charge in [0.15, 0.2) is 0 Å². The van der Waals surface area contributed by atoms with Crippen LogP contribution < -0.4 is 5.32 Å². The van der Waals surface area contributed by atoms with Crippen LogP contribution in [0.4, 0.5) is 0 Å². The third-order valence-corrected chi connectivity index (χ3v) is 5.71. The van der Waals surface area contributed by atoms with Crippen molar-refractivity contribution in [3.05, 3.63) is 0 Å². The van der Waals surface area contributed by atoms with Gasteiger partial charge in [-0.05, 0) is 31.6 Å². The van der Waals surface area contributed by atoms with E-state index < -0.39 is 0 Å². The van der Waals surface area contributed by atoms with Crippen LogP contribution in [-0.4, -0.2) is 73.1 Å². The predicted molar refractivity (Wildman–Crippen MR) is 91.6 cm³/mol. The minimum absolute atomic E-state index is 0.132. The minimum atomic E-state index is -0.229. The molecule has 2 saturated heterocycles. The second kappa shape index (κ2) is 8.30. The maximum atomic E-state index is 12.3. The van der Waals surface area contributed by atoms with Gasteiger partial charge in [0.25, 0.3) is 5.91 Å². The highest BCUT2D eigenvalue weighted by atomic mass is 16.5. The summed E-state index contributed by atoms with van der Waals surface area (Å²) in [5, 5.41) is 3.21. The molecule has 2 heterocycles. The molecule has 3 fully saturated rings. The maximum absolute atomic E-state index is 12.3. The molecule has 0 aromatic rings.